The normalized spacial score (nSPS) is 16.6. The number of hydrogen-bond acceptors (Lipinski definition) is 3. The summed E-state index contributed by atoms with van der Waals surface area (Å²) in [5.41, 5.74) is 0.196. The Morgan fingerprint density at radius 2 is 2.06 bits per heavy atom. The predicted octanol–water partition coefficient (Wildman–Crippen LogP) is 3.40. The molecule has 0 heterocycles. The van der Waals surface area contributed by atoms with Gasteiger partial charge in [-0.1, -0.05) is 19.3 Å². The zero-order valence-electron chi connectivity index (χ0n) is 10.4. The van der Waals surface area contributed by atoms with Crippen LogP contribution in [0.15, 0.2) is 6.07 Å². The monoisotopic (exact) mass is 252 g/mol. The minimum atomic E-state index is -0.602. The van der Waals surface area contributed by atoms with E-state index in [0.717, 1.165) is 32.1 Å². The number of benzene rings is 1. The molecule has 0 aromatic heterocycles. The van der Waals surface area contributed by atoms with Gasteiger partial charge in [0.1, 0.15) is 5.82 Å². The number of aldehydes is 1. The van der Waals surface area contributed by atoms with Gasteiger partial charge >= 0.3 is 0 Å². The van der Waals surface area contributed by atoms with Crippen molar-refractivity contribution in [3.05, 3.63) is 23.0 Å². The molecule has 0 spiro atoms. The molecule has 1 aromatic rings. The highest BCUT2D eigenvalue weighted by molar-refractivity contribution is 5.78. The molecular formula is C14H17FO3. The second-order valence-electron chi connectivity index (χ2n) is 4.70. The van der Waals surface area contributed by atoms with Crippen molar-refractivity contribution in [2.24, 2.45) is 0 Å². The van der Waals surface area contributed by atoms with Gasteiger partial charge in [0.05, 0.1) is 12.7 Å². The molecule has 0 bridgehead atoms. The molecule has 1 saturated carbocycles. The van der Waals surface area contributed by atoms with Gasteiger partial charge in [-0.25, -0.2) is 4.39 Å². The van der Waals surface area contributed by atoms with E-state index >= 15 is 0 Å². The van der Waals surface area contributed by atoms with Crippen LogP contribution in [-0.4, -0.2) is 18.5 Å². The molecule has 3 nitrogen and oxygen atoms in total. The van der Waals surface area contributed by atoms with E-state index in [0.29, 0.717) is 6.29 Å². The van der Waals surface area contributed by atoms with E-state index in [4.69, 9.17) is 4.74 Å². The summed E-state index contributed by atoms with van der Waals surface area (Å²) in [4.78, 5) is 10.9. The molecule has 2 rings (SSSR count). The van der Waals surface area contributed by atoms with Gasteiger partial charge in [-0.2, -0.15) is 0 Å². The molecule has 1 aliphatic carbocycles. The molecular weight excluding hydrogens is 235 g/mol. The molecule has 18 heavy (non-hydrogen) atoms. The number of hydrogen-bond donors (Lipinski definition) is 1. The van der Waals surface area contributed by atoms with Crippen LogP contribution in [-0.2, 0) is 0 Å². The van der Waals surface area contributed by atoms with Crippen LogP contribution >= 0.6 is 0 Å². The third-order valence-electron chi connectivity index (χ3n) is 3.63. The standard InChI is InChI=1S/C14H17FO3/c1-18-11-7-10(8-16)13(15)12(14(11)17)9-5-3-2-4-6-9/h7-9,17H,2-6H2,1H3. The van der Waals surface area contributed by atoms with Gasteiger partial charge in [0.25, 0.3) is 0 Å². The van der Waals surface area contributed by atoms with Crippen LogP contribution in [0, 0.1) is 5.82 Å². The van der Waals surface area contributed by atoms with Crippen LogP contribution in [0.3, 0.4) is 0 Å². The maximum Gasteiger partial charge on any atom is 0.164 e. The Kier molecular flexibility index (Phi) is 3.84. The Morgan fingerprint density at radius 3 is 2.61 bits per heavy atom. The minimum Gasteiger partial charge on any atom is -0.504 e. The van der Waals surface area contributed by atoms with E-state index in [9.17, 15) is 14.3 Å². The second-order valence-corrected chi connectivity index (χ2v) is 4.70. The first kappa shape index (κ1) is 12.9. The van der Waals surface area contributed by atoms with E-state index in [2.05, 4.69) is 0 Å². The average Bonchev–Trinajstić information content (AvgIpc) is 2.40. The van der Waals surface area contributed by atoms with Crippen LogP contribution in [0.25, 0.3) is 0 Å². The van der Waals surface area contributed by atoms with Gasteiger partial charge in [0, 0.05) is 5.56 Å². The molecule has 0 saturated heterocycles. The summed E-state index contributed by atoms with van der Waals surface area (Å²) in [5.74, 6) is -0.616. The van der Waals surface area contributed by atoms with Crippen molar-refractivity contribution in [1.82, 2.24) is 0 Å². The summed E-state index contributed by atoms with van der Waals surface area (Å²) in [7, 11) is 1.40. The minimum absolute atomic E-state index is 0.0208. The van der Waals surface area contributed by atoms with E-state index in [1.165, 1.54) is 13.2 Å². The molecule has 1 aliphatic rings. The van der Waals surface area contributed by atoms with Crippen molar-refractivity contribution >= 4 is 6.29 Å². The summed E-state index contributed by atoms with van der Waals surface area (Å²) in [5, 5.41) is 10.1. The number of halogens is 1. The lowest BCUT2D eigenvalue weighted by Gasteiger charge is -2.24. The number of aromatic hydroxyl groups is 1. The Morgan fingerprint density at radius 1 is 1.39 bits per heavy atom. The number of rotatable bonds is 3. The highest BCUT2D eigenvalue weighted by Gasteiger charge is 2.26. The van der Waals surface area contributed by atoms with Gasteiger partial charge in [-0.3, -0.25) is 4.79 Å². The highest BCUT2D eigenvalue weighted by Crippen LogP contribution is 2.43. The first-order valence-corrected chi connectivity index (χ1v) is 6.23. The molecule has 0 atom stereocenters. The fourth-order valence-electron chi connectivity index (χ4n) is 2.67. The van der Waals surface area contributed by atoms with Crippen molar-refractivity contribution in [3.63, 3.8) is 0 Å². The summed E-state index contributed by atoms with van der Waals surface area (Å²) in [6.07, 6.45) is 5.34. The Balaban J connectivity index is 2.52. The van der Waals surface area contributed by atoms with Crippen LogP contribution in [0.1, 0.15) is 53.9 Å². The van der Waals surface area contributed by atoms with E-state index in [-0.39, 0.29) is 28.5 Å². The Bertz CT molecular complexity index is 451. The van der Waals surface area contributed by atoms with Gasteiger partial charge in [0.2, 0.25) is 0 Å². The zero-order valence-corrected chi connectivity index (χ0v) is 10.4. The van der Waals surface area contributed by atoms with Crippen molar-refractivity contribution in [2.45, 2.75) is 38.0 Å². The van der Waals surface area contributed by atoms with Gasteiger partial charge < -0.3 is 9.84 Å². The molecule has 98 valence electrons. The molecule has 1 fully saturated rings. The van der Waals surface area contributed by atoms with Crippen LogP contribution in [0.4, 0.5) is 4.39 Å². The topological polar surface area (TPSA) is 46.5 Å². The Labute approximate surface area is 106 Å². The summed E-state index contributed by atoms with van der Waals surface area (Å²) >= 11 is 0. The summed E-state index contributed by atoms with van der Waals surface area (Å²) in [6.45, 7) is 0. The first-order valence-electron chi connectivity index (χ1n) is 6.23. The number of methoxy groups -OCH3 is 1. The van der Waals surface area contributed by atoms with Crippen LogP contribution < -0.4 is 4.74 Å². The maximum absolute atomic E-state index is 14.2. The third kappa shape index (κ3) is 2.19. The van der Waals surface area contributed by atoms with Gasteiger partial charge in [0.15, 0.2) is 17.8 Å². The lowest BCUT2D eigenvalue weighted by Crippen LogP contribution is -2.09. The predicted molar refractivity (Wildman–Crippen MR) is 65.8 cm³/mol. The molecule has 0 amide bonds. The molecule has 0 aliphatic heterocycles. The van der Waals surface area contributed by atoms with E-state index in [1.807, 2.05) is 0 Å². The van der Waals surface area contributed by atoms with Crippen molar-refractivity contribution in [1.29, 1.82) is 0 Å². The maximum atomic E-state index is 14.2. The lowest BCUT2D eigenvalue weighted by atomic mass is 9.82. The average molecular weight is 252 g/mol. The number of carbonyl (C=O) groups excluding carboxylic acids is 1. The van der Waals surface area contributed by atoms with Crippen molar-refractivity contribution < 1.29 is 19.0 Å². The highest BCUT2D eigenvalue weighted by atomic mass is 19.1. The molecule has 0 radical (unpaired) electrons. The second kappa shape index (κ2) is 5.38. The van der Waals surface area contributed by atoms with E-state index in [1.54, 1.807) is 0 Å². The smallest absolute Gasteiger partial charge is 0.164 e. The van der Waals surface area contributed by atoms with Crippen LogP contribution in [0.2, 0.25) is 0 Å². The molecule has 0 unspecified atom stereocenters. The molecule has 4 heteroatoms. The number of carbonyl (C=O) groups is 1. The molecule has 1 aromatic carbocycles. The number of ether oxygens (including phenoxy) is 1. The summed E-state index contributed by atoms with van der Waals surface area (Å²) in [6, 6.07) is 1.24. The van der Waals surface area contributed by atoms with Crippen molar-refractivity contribution in [2.75, 3.05) is 7.11 Å². The fourth-order valence-corrected chi connectivity index (χ4v) is 2.67. The lowest BCUT2D eigenvalue weighted by molar-refractivity contribution is 0.111. The van der Waals surface area contributed by atoms with Gasteiger partial charge in [-0.15, -0.1) is 0 Å². The number of phenols is 1. The van der Waals surface area contributed by atoms with Crippen molar-refractivity contribution in [3.8, 4) is 11.5 Å². The van der Waals surface area contributed by atoms with Crippen LogP contribution in [0.5, 0.6) is 11.5 Å². The molecule has 1 N–H and O–H groups in total. The number of phenolic OH excluding ortho intramolecular Hbond substituents is 1. The quantitative estimate of drug-likeness (QED) is 0.839. The summed E-state index contributed by atoms with van der Waals surface area (Å²) < 4.78 is 19.2. The first-order chi connectivity index (χ1) is 8.69. The Hall–Kier alpha value is -1.58. The SMILES string of the molecule is COc1cc(C=O)c(F)c(C2CCCCC2)c1O. The fraction of sp³-hybridized carbons (Fsp3) is 0.500. The largest absolute Gasteiger partial charge is 0.504 e. The van der Waals surface area contributed by atoms with E-state index < -0.39 is 5.82 Å². The van der Waals surface area contributed by atoms with Gasteiger partial charge in [-0.05, 0) is 24.8 Å². The third-order valence-corrected chi connectivity index (χ3v) is 3.63. The zero-order chi connectivity index (χ0) is 13.1.